The number of nitrogens with one attached hydrogen (secondary N) is 1. The van der Waals surface area contributed by atoms with Gasteiger partial charge in [0.25, 0.3) is 0 Å². The molecule has 1 fully saturated rings. The van der Waals surface area contributed by atoms with E-state index in [1.807, 2.05) is 13.0 Å². The minimum atomic E-state index is -0.381. The first-order chi connectivity index (χ1) is 10.6. The quantitative estimate of drug-likeness (QED) is 0.873. The summed E-state index contributed by atoms with van der Waals surface area (Å²) in [7, 11) is -0.381. The Kier molecular flexibility index (Phi) is 3.85. The highest BCUT2D eigenvalue weighted by Gasteiger charge is 2.54. The summed E-state index contributed by atoms with van der Waals surface area (Å²) in [4.78, 5) is 11.6. The number of rotatable bonds is 3. The molecule has 1 amide bonds. The molecule has 1 aromatic carbocycles. The number of fused-ring (bicyclic) bond motifs is 1. The van der Waals surface area contributed by atoms with Gasteiger partial charge in [-0.2, -0.15) is 0 Å². The van der Waals surface area contributed by atoms with Crippen molar-refractivity contribution in [2.75, 3.05) is 5.32 Å². The number of carbonyl (C=O) groups excluding carboxylic acids is 1. The predicted molar refractivity (Wildman–Crippen MR) is 93.0 cm³/mol. The van der Waals surface area contributed by atoms with E-state index in [4.69, 9.17) is 9.31 Å². The van der Waals surface area contributed by atoms with Crippen LogP contribution < -0.4 is 10.8 Å². The molecule has 1 saturated heterocycles. The number of anilines is 1. The molecule has 1 aromatic rings. The molecule has 5 heteroatoms. The van der Waals surface area contributed by atoms with E-state index >= 15 is 0 Å². The first-order valence-electron chi connectivity index (χ1n) is 8.40. The minimum absolute atomic E-state index is 0.0542. The highest BCUT2D eigenvalue weighted by atomic mass is 16.7. The molecule has 2 heterocycles. The van der Waals surface area contributed by atoms with Crippen LogP contribution in [-0.4, -0.2) is 24.2 Å². The summed E-state index contributed by atoms with van der Waals surface area (Å²) >= 11 is 0. The molecule has 0 aliphatic carbocycles. The molecule has 124 valence electrons. The van der Waals surface area contributed by atoms with Crippen LogP contribution in [0.2, 0.25) is 0 Å². The van der Waals surface area contributed by atoms with E-state index in [-0.39, 0.29) is 24.2 Å². The average molecular weight is 315 g/mol. The number of benzene rings is 1. The van der Waals surface area contributed by atoms with Crippen LogP contribution in [0, 0.1) is 12.8 Å². The van der Waals surface area contributed by atoms with Crippen LogP contribution in [0.15, 0.2) is 12.1 Å². The van der Waals surface area contributed by atoms with E-state index in [0.29, 0.717) is 12.3 Å². The highest BCUT2D eigenvalue weighted by molar-refractivity contribution is 6.62. The second kappa shape index (κ2) is 5.35. The molecule has 1 N–H and O–H groups in total. The molecule has 0 spiro atoms. The lowest BCUT2D eigenvalue weighted by Crippen LogP contribution is -2.45. The van der Waals surface area contributed by atoms with Crippen molar-refractivity contribution in [1.29, 1.82) is 0 Å². The Balaban J connectivity index is 1.91. The van der Waals surface area contributed by atoms with Crippen LogP contribution in [0.1, 0.15) is 52.2 Å². The summed E-state index contributed by atoms with van der Waals surface area (Å²) in [5.74, 6) is 0.587. The first kappa shape index (κ1) is 16.5. The van der Waals surface area contributed by atoms with Gasteiger partial charge >= 0.3 is 7.12 Å². The molecule has 0 aromatic heterocycles. The SMILES string of the molecule is Cc1cc(B2OC(C)(C)C(C)(CC(C)C)O2)cc2c1NC(=O)C2. The van der Waals surface area contributed by atoms with Crippen molar-refractivity contribution in [1.82, 2.24) is 0 Å². The standard InChI is InChI=1S/C18H26BNO3/c1-11(2)10-18(6)17(4,5)22-19(23-18)14-7-12(3)16-13(8-14)9-15(21)20-16/h7-8,11H,9-10H2,1-6H3,(H,20,21). The maximum Gasteiger partial charge on any atom is 0.494 e. The molecular formula is C18H26BNO3. The van der Waals surface area contributed by atoms with Crippen molar-refractivity contribution in [2.24, 2.45) is 5.92 Å². The third-order valence-electron chi connectivity index (χ3n) is 5.17. The lowest BCUT2D eigenvalue weighted by atomic mass is 9.77. The summed E-state index contributed by atoms with van der Waals surface area (Å²) in [6, 6.07) is 4.11. The Hall–Kier alpha value is -1.33. The van der Waals surface area contributed by atoms with Gasteiger partial charge in [-0.25, -0.2) is 0 Å². The number of hydrogen-bond donors (Lipinski definition) is 1. The molecule has 0 radical (unpaired) electrons. The zero-order valence-electron chi connectivity index (χ0n) is 14.9. The van der Waals surface area contributed by atoms with Crippen LogP contribution in [0.5, 0.6) is 0 Å². The Morgan fingerprint density at radius 1 is 1.26 bits per heavy atom. The number of hydrogen-bond acceptors (Lipinski definition) is 3. The highest BCUT2D eigenvalue weighted by Crippen LogP contribution is 2.41. The molecule has 3 rings (SSSR count). The summed E-state index contributed by atoms with van der Waals surface area (Å²) in [5.41, 5.74) is 3.35. The molecule has 1 unspecified atom stereocenters. The second-order valence-electron chi connectivity index (χ2n) is 8.00. The lowest BCUT2D eigenvalue weighted by molar-refractivity contribution is -0.115. The lowest BCUT2D eigenvalue weighted by Gasteiger charge is -2.37. The maximum atomic E-state index is 11.6. The molecule has 4 nitrogen and oxygen atoms in total. The zero-order chi connectivity index (χ0) is 17.0. The Morgan fingerprint density at radius 2 is 1.96 bits per heavy atom. The van der Waals surface area contributed by atoms with E-state index in [0.717, 1.165) is 28.7 Å². The molecule has 0 saturated carbocycles. The van der Waals surface area contributed by atoms with Crippen LogP contribution in [-0.2, 0) is 20.5 Å². The summed E-state index contributed by atoms with van der Waals surface area (Å²) in [6.45, 7) is 12.8. The molecule has 2 aliphatic heterocycles. The van der Waals surface area contributed by atoms with Crippen molar-refractivity contribution in [3.05, 3.63) is 23.3 Å². The van der Waals surface area contributed by atoms with Gasteiger partial charge in [0, 0.05) is 5.69 Å². The largest absolute Gasteiger partial charge is 0.494 e. The van der Waals surface area contributed by atoms with E-state index in [9.17, 15) is 4.79 Å². The van der Waals surface area contributed by atoms with Gasteiger partial charge in [0.1, 0.15) is 0 Å². The van der Waals surface area contributed by atoms with Gasteiger partial charge in [0.15, 0.2) is 0 Å². The normalized spacial score (nSPS) is 25.9. The molecular weight excluding hydrogens is 289 g/mol. The molecule has 2 aliphatic rings. The fraction of sp³-hybridized carbons (Fsp3) is 0.611. The second-order valence-corrected chi connectivity index (χ2v) is 8.00. The van der Waals surface area contributed by atoms with Gasteiger partial charge < -0.3 is 14.6 Å². The smallest absolute Gasteiger partial charge is 0.399 e. The minimum Gasteiger partial charge on any atom is -0.399 e. The van der Waals surface area contributed by atoms with Crippen molar-refractivity contribution in [2.45, 2.75) is 65.6 Å². The van der Waals surface area contributed by atoms with Gasteiger partial charge in [0.2, 0.25) is 5.91 Å². The Bertz CT molecular complexity index is 656. The van der Waals surface area contributed by atoms with Gasteiger partial charge in [-0.1, -0.05) is 26.0 Å². The maximum absolute atomic E-state index is 11.6. The Morgan fingerprint density at radius 3 is 2.61 bits per heavy atom. The fourth-order valence-electron chi connectivity index (χ4n) is 3.70. The predicted octanol–water partition coefficient (Wildman–Crippen LogP) is 2.82. The van der Waals surface area contributed by atoms with E-state index in [1.165, 1.54) is 0 Å². The molecule has 23 heavy (non-hydrogen) atoms. The van der Waals surface area contributed by atoms with Crippen molar-refractivity contribution >= 4 is 24.2 Å². The third-order valence-corrected chi connectivity index (χ3v) is 5.17. The molecule has 1 atom stereocenters. The van der Waals surface area contributed by atoms with E-state index in [2.05, 4.69) is 46.0 Å². The van der Waals surface area contributed by atoms with Crippen LogP contribution in [0.4, 0.5) is 5.69 Å². The monoisotopic (exact) mass is 315 g/mol. The van der Waals surface area contributed by atoms with Gasteiger partial charge in [-0.3, -0.25) is 4.79 Å². The van der Waals surface area contributed by atoms with Crippen molar-refractivity contribution in [3.8, 4) is 0 Å². The molecule has 0 bridgehead atoms. The van der Waals surface area contributed by atoms with Gasteiger partial charge in [-0.15, -0.1) is 0 Å². The number of carbonyl (C=O) groups is 1. The van der Waals surface area contributed by atoms with Crippen molar-refractivity contribution in [3.63, 3.8) is 0 Å². The number of amides is 1. The van der Waals surface area contributed by atoms with Gasteiger partial charge in [0.05, 0.1) is 17.6 Å². The van der Waals surface area contributed by atoms with Gasteiger partial charge in [-0.05, 0) is 56.6 Å². The summed E-state index contributed by atoms with van der Waals surface area (Å²) in [6.07, 6.45) is 1.38. The average Bonchev–Trinajstić information content (AvgIpc) is 2.87. The number of aryl methyl sites for hydroxylation is 1. The first-order valence-corrected chi connectivity index (χ1v) is 8.40. The van der Waals surface area contributed by atoms with Crippen LogP contribution >= 0.6 is 0 Å². The fourth-order valence-corrected chi connectivity index (χ4v) is 3.70. The third kappa shape index (κ3) is 2.81. The topological polar surface area (TPSA) is 47.6 Å². The Labute approximate surface area is 139 Å². The van der Waals surface area contributed by atoms with Crippen LogP contribution in [0.25, 0.3) is 0 Å². The zero-order valence-corrected chi connectivity index (χ0v) is 14.9. The summed E-state index contributed by atoms with van der Waals surface area (Å²) < 4.78 is 12.6. The van der Waals surface area contributed by atoms with Crippen LogP contribution in [0.3, 0.4) is 0 Å². The van der Waals surface area contributed by atoms with Crippen molar-refractivity contribution < 1.29 is 14.1 Å². The van der Waals surface area contributed by atoms with E-state index in [1.54, 1.807) is 0 Å². The summed E-state index contributed by atoms with van der Waals surface area (Å²) in [5, 5.41) is 2.92. The van der Waals surface area contributed by atoms with E-state index < -0.39 is 0 Å².